The number of hydrogen-bond acceptors (Lipinski definition) is 1. The number of hydrogen-bond donors (Lipinski definition) is 1. The number of aromatic carboxylic acids is 1. The van der Waals surface area contributed by atoms with Crippen LogP contribution in [0.5, 0.6) is 0 Å². The highest BCUT2D eigenvalue weighted by atomic mass is 16.4. The van der Waals surface area contributed by atoms with Crippen LogP contribution in [0.1, 0.15) is 15.9 Å². The Morgan fingerprint density at radius 2 is 2.14 bits per heavy atom. The minimum Gasteiger partial charge on any atom is -0.478 e. The van der Waals surface area contributed by atoms with Gasteiger partial charge in [-0.2, -0.15) is 0 Å². The Morgan fingerprint density at radius 1 is 1.43 bits per heavy atom. The lowest BCUT2D eigenvalue weighted by atomic mass is 10.1. The van der Waals surface area contributed by atoms with E-state index < -0.39 is 5.97 Å². The summed E-state index contributed by atoms with van der Waals surface area (Å²) >= 11 is 0. The van der Waals surface area contributed by atoms with Crippen molar-refractivity contribution in [3.63, 3.8) is 0 Å². The van der Waals surface area contributed by atoms with Crippen LogP contribution < -0.4 is 0 Å². The highest BCUT2D eigenvalue weighted by molar-refractivity contribution is 6.04. The zero-order chi connectivity index (χ0) is 10.3. The molecule has 0 saturated heterocycles. The maximum Gasteiger partial charge on any atom is 0.337 e. The van der Waals surface area contributed by atoms with E-state index in [0.717, 1.165) is 16.5 Å². The molecule has 0 radical (unpaired) electrons. The predicted octanol–water partition coefficient (Wildman–Crippen LogP) is 2.18. The van der Waals surface area contributed by atoms with Crippen molar-refractivity contribution in [3.8, 4) is 0 Å². The summed E-state index contributed by atoms with van der Waals surface area (Å²) in [6.07, 6.45) is 1.65. The number of aryl methyl sites for hydroxylation is 2. The van der Waals surface area contributed by atoms with Crippen molar-refractivity contribution in [1.82, 2.24) is 4.57 Å². The lowest BCUT2D eigenvalue weighted by Gasteiger charge is -1.99. The number of carboxylic acid groups (broad SMARTS) is 1. The molecule has 3 nitrogen and oxygen atoms in total. The van der Waals surface area contributed by atoms with Crippen LogP contribution in [0.4, 0.5) is 0 Å². The largest absolute Gasteiger partial charge is 0.478 e. The molecule has 0 atom stereocenters. The summed E-state index contributed by atoms with van der Waals surface area (Å²) in [5, 5.41) is 9.78. The van der Waals surface area contributed by atoms with E-state index in [4.69, 9.17) is 5.11 Å². The van der Waals surface area contributed by atoms with Crippen LogP contribution in [-0.4, -0.2) is 15.6 Å². The van der Waals surface area contributed by atoms with Gasteiger partial charge in [-0.05, 0) is 12.5 Å². The number of rotatable bonds is 1. The van der Waals surface area contributed by atoms with E-state index in [9.17, 15) is 4.79 Å². The first kappa shape index (κ1) is 8.81. The lowest BCUT2D eigenvalue weighted by Crippen LogP contribution is -1.93. The third kappa shape index (κ3) is 1.09. The van der Waals surface area contributed by atoms with E-state index in [0.29, 0.717) is 5.56 Å². The molecule has 0 unspecified atom stereocenters. The van der Waals surface area contributed by atoms with Gasteiger partial charge in [0, 0.05) is 18.6 Å². The maximum absolute atomic E-state index is 10.9. The zero-order valence-electron chi connectivity index (χ0n) is 8.11. The van der Waals surface area contributed by atoms with Gasteiger partial charge in [0.1, 0.15) is 0 Å². The van der Waals surface area contributed by atoms with Crippen molar-refractivity contribution in [2.45, 2.75) is 6.92 Å². The zero-order valence-corrected chi connectivity index (χ0v) is 8.11. The van der Waals surface area contributed by atoms with Crippen LogP contribution in [0.2, 0.25) is 0 Å². The number of fused-ring (bicyclic) bond motifs is 1. The third-order valence-electron chi connectivity index (χ3n) is 2.43. The monoisotopic (exact) mass is 189 g/mol. The number of para-hydroxylation sites is 1. The van der Waals surface area contributed by atoms with Gasteiger partial charge in [-0.1, -0.05) is 18.2 Å². The van der Waals surface area contributed by atoms with Crippen molar-refractivity contribution in [3.05, 3.63) is 35.5 Å². The molecule has 0 saturated carbocycles. The third-order valence-corrected chi connectivity index (χ3v) is 2.43. The molecule has 14 heavy (non-hydrogen) atoms. The molecule has 0 bridgehead atoms. The molecule has 0 aliphatic rings. The Kier molecular flexibility index (Phi) is 1.81. The molecule has 0 spiro atoms. The van der Waals surface area contributed by atoms with Gasteiger partial charge >= 0.3 is 5.97 Å². The summed E-state index contributed by atoms with van der Waals surface area (Å²) in [4.78, 5) is 10.9. The van der Waals surface area contributed by atoms with Crippen LogP contribution in [-0.2, 0) is 7.05 Å². The molecule has 1 aromatic carbocycles. The van der Waals surface area contributed by atoms with Gasteiger partial charge in [-0.15, -0.1) is 0 Å². The molecule has 2 rings (SSSR count). The first-order valence-electron chi connectivity index (χ1n) is 4.39. The fourth-order valence-electron chi connectivity index (χ4n) is 1.84. The molecule has 2 aromatic rings. The topological polar surface area (TPSA) is 42.2 Å². The average Bonchev–Trinajstić information content (AvgIpc) is 2.45. The predicted molar refractivity (Wildman–Crippen MR) is 54.6 cm³/mol. The maximum atomic E-state index is 10.9. The molecule has 0 fully saturated rings. The summed E-state index contributed by atoms with van der Waals surface area (Å²) in [6, 6.07) is 5.70. The normalized spacial score (nSPS) is 10.7. The molecule has 1 aromatic heterocycles. The second-order valence-electron chi connectivity index (χ2n) is 3.43. The smallest absolute Gasteiger partial charge is 0.337 e. The van der Waals surface area contributed by atoms with E-state index in [-0.39, 0.29) is 0 Å². The van der Waals surface area contributed by atoms with Crippen molar-refractivity contribution in [2.24, 2.45) is 7.05 Å². The van der Waals surface area contributed by atoms with Gasteiger partial charge in [0.05, 0.1) is 11.1 Å². The van der Waals surface area contributed by atoms with Gasteiger partial charge in [0.2, 0.25) is 0 Å². The van der Waals surface area contributed by atoms with Gasteiger partial charge in [0.15, 0.2) is 0 Å². The number of benzene rings is 1. The molecule has 0 aliphatic heterocycles. The summed E-state index contributed by atoms with van der Waals surface area (Å²) < 4.78 is 1.86. The molecule has 0 amide bonds. The van der Waals surface area contributed by atoms with E-state index in [2.05, 4.69) is 0 Å². The van der Waals surface area contributed by atoms with Crippen molar-refractivity contribution < 1.29 is 9.90 Å². The lowest BCUT2D eigenvalue weighted by molar-refractivity contribution is 0.0699. The molecular formula is C11H11NO2. The Labute approximate surface area is 81.6 Å². The SMILES string of the molecule is Cc1cccc2c(C(=O)O)cn(C)c12. The standard InChI is InChI=1S/C11H11NO2/c1-7-4-3-5-8-9(11(13)14)6-12(2)10(7)8/h3-6H,1-2H3,(H,13,14). The van der Waals surface area contributed by atoms with E-state index in [1.807, 2.05) is 36.7 Å². The molecule has 1 heterocycles. The van der Waals surface area contributed by atoms with Crippen LogP contribution in [0.15, 0.2) is 24.4 Å². The Balaban J connectivity index is 2.91. The van der Waals surface area contributed by atoms with Gasteiger partial charge in [0.25, 0.3) is 0 Å². The summed E-state index contributed by atoms with van der Waals surface area (Å²) in [7, 11) is 1.86. The van der Waals surface area contributed by atoms with Gasteiger partial charge in [-0.3, -0.25) is 0 Å². The first-order chi connectivity index (χ1) is 6.61. The second-order valence-corrected chi connectivity index (χ2v) is 3.43. The summed E-state index contributed by atoms with van der Waals surface area (Å²) in [5.41, 5.74) is 2.45. The fourth-order valence-corrected chi connectivity index (χ4v) is 1.84. The van der Waals surface area contributed by atoms with E-state index in [1.54, 1.807) is 6.20 Å². The van der Waals surface area contributed by atoms with Crippen molar-refractivity contribution in [1.29, 1.82) is 0 Å². The molecule has 3 heteroatoms. The molecule has 1 N–H and O–H groups in total. The van der Waals surface area contributed by atoms with Crippen molar-refractivity contribution >= 4 is 16.9 Å². The van der Waals surface area contributed by atoms with Gasteiger partial charge in [-0.25, -0.2) is 4.79 Å². The fraction of sp³-hybridized carbons (Fsp3) is 0.182. The summed E-state index contributed by atoms with van der Waals surface area (Å²) in [6.45, 7) is 1.98. The number of carboxylic acids is 1. The van der Waals surface area contributed by atoms with Crippen LogP contribution in [0.25, 0.3) is 10.9 Å². The van der Waals surface area contributed by atoms with E-state index in [1.165, 1.54) is 0 Å². The van der Waals surface area contributed by atoms with Crippen LogP contribution >= 0.6 is 0 Å². The highest BCUT2D eigenvalue weighted by Gasteiger charge is 2.12. The number of nitrogens with zero attached hydrogens (tertiary/aromatic N) is 1. The van der Waals surface area contributed by atoms with Crippen LogP contribution in [0.3, 0.4) is 0 Å². The van der Waals surface area contributed by atoms with Gasteiger partial charge < -0.3 is 9.67 Å². The minimum atomic E-state index is -0.874. The Hall–Kier alpha value is -1.77. The quantitative estimate of drug-likeness (QED) is 0.747. The molecule has 72 valence electrons. The molecule has 0 aliphatic carbocycles. The molecular weight excluding hydrogens is 178 g/mol. The first-order valence-corrected chi connectivity index (χ1v) is 4.39. The van der Waals surface area contributed by atoms with Crippen LogP contribution in [0, 0.1) is 6.92 Å². The number of aromatic nitrogens is 1. The second kappa shape index (κ2) is 2.87. The highest BCUT2D eigenvalue weighted by Crippen LogP contribution is 2.23. The Bertz CT molecular complexity index is 511. The van der Waals surface area contributed by atoms with E-state index >= 15 is 0 Å². The Morgan fingerprint density at radius 3 is 2.79 bits per heavy atom. The number of carbonyl (C=O) groups is 1. The minimum absolute atomic E-state index is 0.367. The summed E-state index contributed by atoms with van der Waals surface area (Å²) in [5.74, 6) is -0.874. The van der Waals surface area contributed by atoms with Crippen molar-refractivity contribution in [2.75, 3.05) is 0 Å². The average molecular weight is 189 g/mol.